The van der Waals surface area contributed by atoms with Crippen LogP contribution in [0.25, 0.3) is 0 Å². The van der Waals surface area contributed by atoms with Gasteiger partial charge < -0.3 is 10.6 Å². The Morgan fingerprint density at radius 2 is 2.19 bits per heavy atom. The van der Waals surface area contributed by atoms with Gasteiger partial charge in [-0.05, 0) is 55.3 Å². The summed E-state index contributed by atoms with van der Waals surface area (Å²) in [7, 11) is 0. The third kappa shape index (κ3) is 3.00. The fourth-order valence-electron chi connectivity index (χ4n) is 3.74. The van der Waals surface area contributed by atoms with Crippen molar-refractivity contribution in [2.75, 3.05) is 11.9 Å². The number of aryl methyl sites for hydroxylation is 2. The van der Waals surface area contributed by atoms with Gasteiger partial charge in [0.1, 0.15) is 12.1 Å². The molecule has 27 heavy (non-hydrogen) atoms. The first-order valence-corrected chi connectivity index (χ1v) is 9.93. The summed E-state index contributed by atoms with van der Waals surface area (Å²) in [5.74, 6) is -0.834. The van der Waals surface area contributed by atoms with Gasteiger partial charge in [-0.15, -0.1) is 11.3 Å². The van der Waals surface area contributed by atoms with Gasteiger partial charge in [0.05, 0.1) is 10.7 Å². The zero-order chi connectivity index (χ0) is 19.2. The Labute approximate surface area is 165 Å². The number of halogens is 1. The van der Waals surface area contributed by atoms with Crippen LogP contribution in [0.4, 0.5) is 10.5 Å². The zero-order valence-electron chi connectivity index (χ0n) is 14.7. The molecular weight excluding hydrogens is 386 g/mol. The van der Waals surface area contributed by atoms with Crippen molar-refractivity contribution in [3.05, 3.63) is 50.7 Å². The molecule has 140 valence electrons. The van der Waals surface area contributed by atoms with Crippen LogP contribution in [-0.2, 0) is 21.5 Å². The van der Waals surface area contributed by atoms with E-state index in [9.17, 15) is 14.4 Å². The first-order chi connectivity index (χ1) is 12.9. The van der Waals surface area contributed by atoms with Crippen molar-refractivity contribution in [3.8, 4) is 0 Å². The second kappa shape index (κ2) is 6.65. The summed E-state index contributed by atoms with van der Waals surface area (Å²) in [6.07, 6.45) is 2.27. The molecular formula is C19H18ClN3O3S. The number of benzene rings is 1. The van der Waals surface area contributed by atoms with E-state index in [0.717, 1.165) is 33.7 Å². The highest BCUT2D eigenvalue weighted by Gasteiger charge is 2.54. The summed E-state index contributed by atoms with van der Waals surface area (Å²) in [5, 5.41) is 7.85. The summed E-state index contributed by atoms with van der Waals surface area (Å²) >= 11 is 7.73. The van der Waals surface area contributed by atoms with Gasteiger partial charge in [-0.1, -0.05) is 17.7 Å². The molecule has 1 fully saturated rings. The second-order valence-corrected chi connectivity index (χ2v) is 8.28. The van der Waals surface area contributed by atoms with Crippen molar-refractivity contribution in [2.24, 2.45) is 0 Å². The largest absolute Gasteiger partial charge is 0.325 e. The Balaban J connectivity index is 1.53. The van der Waals surface area contributed by atoms with Gasteiger partial charge in [-0.25, -0.2) is 4.79 Å². The minimum atomic E-state index is -1.04. The van der Waals surface area contributed by atoms with Crippen LogP contribution in [-0.4, -0.2) is 29.3 Å². The molecule has 0 bridgehead atoms. The number of carbonyl (C=O) groups is 3. The molecule has 2 N–H and O–H groups in total. The van der Waals surface area contributed by atoms with Crippen LogP contribution in [0.1, 0.15) is 28.8 Å². The summed E-state index contributed by atoms with van der Waals surface area (Å²) < 4.78 is 0. The molecule has 0 saturated carbocycles. The summed E-state index contributed by atoms with van der Waals surface area (Å²) in [6.45, 7) is 1.54. The molecule has 1 aliphatic carbocycles. The minimum Gasteiger partial charge on any atom is -0.323 e. The van der Waals surface area contributed by atoms with Crippen LogP contribution in [0, 0.1) is 6.92 Å². The van der Waals surface area contributed by atoms with Crippen LogP contribution in [0.2, 0.25) is 5.02 Å². The van der Waals surface area contributed by atoms with Crippen molar-refractivity contribution < 1.29 is 14.4 Å². The number of hydrogen-bond donors (Lipinski definition) is 2. The average molecular weight is 404 g/mol. The topological polar surface area (TPSA) is 78.5 Å². The number of nitrogens with one attached hydrogen (secondary N) is 2. The van der Waals surface area contributed by atoms with E-state index in [1.54, 1.807) is 23.5 Å². The minimum absolute atomic E-state index is 0.351. The molecule has 1 aliphatic heterocycles. The predicted molar refractivity (Wildman–Crippen MR) is 104 cm³/mol. The fourth-order valence-corrected chi connectivity index (χ4v) is 5.02. The Morgan fingerprint density at radius 3 is 2.96 bits per heavy atom. The SMILES string of the molecule is Cc1ccc(NC(=O)CN2C(=O)N[C@@]3(CCCc4sccc43)C2=O)c(Cl)c1. The first kappa shape index (κ1) is 18.0. The maximum atomic E-state index is 13.1. The monoisotopic (exact) mass is 403 g/mol. The lowest BCUT2D eigenvalue weighted by molar-refractivity contribution is -0.134. The highest BCUT2D eigenvalue weighted by molar-refractivity contribution is 7.10. The van der Waals surface area contributed by atoms with Gasteiger partial charge >= 0.3 is 6.03 Å². The van der Waals surface area contributed by atoms with Gasteiger partial charge in [-0.3, -0.25) is 14.5 Å². The average Bonchev–Trinajstić information content (AvgIpc) is 3.18. The maximum absolute atomic E-state index is 13.1. The lowest BCUT2D eigenvalue weighted by Gasteiger charge is -2.31. The number of carbonyl (C=O) groups excluding carboxylic acids is 3. The highest BCUT2D eigenvalue weighted by Crippen LogP contribution is 2.42. The molecule has 1 saturated heterocycles. The van der Waals surface area contributed by atoms with Crippen molar-refractivity contribution >= 4 is 46.5 Å². The van der Waals surface area contributed by atoms with Gasteiger partial charge in [0.2, 0.25) is 5.91 Å². The van der Waals surface area contributed by atoms with E-state index in [1.165, 1.54) is 0 Å². The van der Waals surface area contributed by atoms with Gasteiger partial charge in [-0.2, -0.15) is 0 Å². The molecule has 1 aromatic carbocycles. The molecule has 1 aromatic heterocycles. The van der Waals surface area contributed by atoms with E-state index in [0.29, 0.717) is 17.1 Å². The van der Waals surface area contributed by atoms with Gasteiger partial charge in [0, 0.05) is 10.4 Å². The number of anilines is 1. The quantitative estimate of drug-likeness (QED) is 0.770. The normalized spacial score (nSPS) is 21.3. The van der Waals surface area contributed by atoms with Crippen molar-refractivity contribution in [3.63, 3.8) is 0 Å². The summed E-state index contributed by atoms with van der Waals surface area (Å²) in [5.41, 5.74) is 1.25. The molecule has 1 atom stereocenters. The van der Waals surface area contributed by atoms with E-state index in [2.05, 4.69) is 10.6 Å². The lowest BCUT2D eigenvalue weighted by Crippen LogP contribution is -2.46. The summed E-state index contributed by atoms with van der Waals surface area (Å²) in [6, 6.07) is 6.61. The smallest absolute Gasteiger partial charge is 0.323 e. The fraction of sp³-hybridized carbons (Fsp3) is 0.316. The molecule has 6 nitrogen and oxygen atoms in total. The number of fused-ring (bicyclic) bond motifs is 2. The van der Waals surface area contributed by atoms with E-state index in [-0.39, 0.29) is 12.5 Å². The molecule has 8 heteroatoms. The number of imide groups is 1. The molecule has 1 spiro atoms. The maximum Gasteiger partial charge on any atom is 0.325 e. The Bertz CT molecular complexity index is 957. The van der Waals surface area contributed by atoms with Gasteiger partial charge in [0.15, 0.2) is 0 Å². The van der Waals surface area contributed by atoms with Gasteiger partial charge in [0.25, 0.3) is 5.91 Å². The summed E-state index contributed by atoms with van der Waals surface area (Å²) in [4.78, 5) is 40.1. The highest BCUT2D eigenvalue weighted by atomic mass is 35.5. The molecule has 2 heterocycles. The molecule has 4 rings (SSSR count). The van der Waals surface area contributed by atoms with E-state index < -0.39 is 17.5 Å². The van der Waals surface area contributed by atoms with E-state index in [1.807, 2.05) is 24.4 Å². The van der Waals surface area contributed by atoms with E-state index in [4.69, 9.17) is 11.6 Å². The standard InChI is InChI=1S/C19H18ClN3O3S/c1-11-4-5-14(13(20)9-11)21-16(24)10-23-17(25)19(22-18(23)26)7-2-3-15-12(19)6-8-27-15/h4-6,8-9H,2-3,7,10H2,1H3,(H,21,24)(H,22,26)/t19-/m1/s1. The second-order valence-electron chi connectivity index (χ2n) is 6.87. The number of amides is 4. The van der Waals surface area contributed by atoms with E-state index >= 15 is 0 Å². The third-order valence-electron chi connectivity index (χ3n) is 5.04. The number of hydrogen-bond acceptors (Lipinski definition) is 4. The van der Waals surface area contributed by atoms with Crippen LogP contribution >= 0.6 is 22.9 Å². The number of urea groups is 1. The van der Waals surface area contributed by atoms with Crippen LogP contribution in [0.15, 0.2) is 29.6 Å². The number of rotatable bonds is 3. The van der Waals surface area contributed by atoms with Crippen LogP contribution < -0.4 is 10.6 Å². The Kier molecular flexibility index (Phi) is 4.44. The third-order valence-corrected chi connectivity index (χ3v) is 6.33. The van der Waals surface area contributed by atoms with Crippen LogP contribution in [0.3, 0.4) is 0 Å². The van der Waals surface area contributed by atoms with Crippen molar-refractivity contribution in [1.29, 1.82) is 0 Å². The van der Waals surface area contributed by atoms with Crippen molar-refractivity contribution in [2.45, 2.75) is 31.7 Å². The Morgan fingerprint density at radius 1 is 1.37 bits per heavy atom. The number of thiophene rings is 1. The molecule has 4 amide bonds. The molecule has 2 aromatic rings. The first-order valence-electron chi connectivity index (χ1n) is 8.68. The molecule has 0 unspecified atom stereocenters. The lowest BCUT2D eigenvalue weighted by atomic mass is 9.80. The zero-order valence-corrected chi connectivity index (χ0v) is 16.2. The molecule has 2 aliphatic rings. The van der Waals surface area contributed by atoms with Crippen LogP contribution in [0.5, 0.6) is 0 Å². The van der Waals surface area contributed by atoms with Crippen molar-refractivity contribution in [1.82, 2.24) is 10.2 Å². The molecule has 0 radical (unpaired) electrons. The Hall–Kier alpha value is -2.38. The number of nitrogens with zero attached hydrogens (tertiary/aromatic N) is 1. The predicted octanol–water partition coefficient (Wildman–Crippen LogP) is 3.43.